The van der Waals surface area contributed by atoms with Crippen LogP contribution >= 0.6 is 7.92 Å². The Morgan fingerprint density at radius 3 is 1.71 bits per heavy atom. The molecule has 0 spiro atoms. The van der Waals surface area contributed by atoms with Crippen molar-refractivity contribution in [2.45, 2.75) is 40.2 Å². The van der Waals surface area contributed by atoms with Gasteiger partial charge in [-0.2, -0.15) is 18.6 Å². The minimum atomic E-state index is -1.03. The number of hydrogen-bond acceptors (Lipinski definition) is 3. The van der Waals surface area contributed by atoms with Gasteiger partial charge in [0.15, 0.2) is 0 Å². The third kappa shape index (κ3) is 7.15. The summed E-state index contributed by atoms with van der Waals surface area (Å²) in [5.74, 6) is 0.945. The largest absolute Gasteiger partial charge is 2.00 e. The smallest absolute Gasteiger partial charge is 0.504 e. The van der Waals surface area contributed by atoms with Crippen molar-refractivity contribution in [2.75, 3.05) is 4.90 Å². The predicted molar refractivity (Wildman–Crippen MR) is 162 cm³/mol. The Morgan fingerprint density at radius 1 is 0.711 bits per heavy atom. The van der Waals surface area contributed by atoms with Gasteiger partial charge in [0.2, 0.25) is 0 Å². The molecular formula is C33H37N3PPd+. The molecule has 4 aromatic rings. The third-order valence-corrected chi connectivity index (χ3v) is 9.67. The van der Waals surface area contributed by atoms with Crippen LogP contribution in [0.5, 0.6) is 0 Å². The summed E-state index contributed by atoms with van der Waals surface area (Å²) in [7, 11) is -1.03. The third-order valence-electron chi connectivity index (χ3n) is 6.44. The molecule has 1 aliphatic rings. The Hall–Kier alpha value is -2.89. The quantitative estimate of drug-likeness (QED) is 0.148. The van der Waals surface area contributed by atoms with Crippen LogP contribution in [0.1, 0.15) is 37.5 Å². The maximum Gasteiger partial charge on any atom is 2.00 e. The first-order valence-corrected chi connectivity index (χ1v) is 14.2. The number of benzene rings is 3. The van der Waals surface area contributed by atoms with Crippen molar-refractivity contribution in [2.24, 2.45) is 0 Å². The van der Waals surface area contributed by atoms with E-state index in [1.807, 2.05) is 29.3 Å². The molecule has 0 unspecified atom stereocenters. The normalized spacial score (nSPS) is 12.7. The van der Waals surface area contributed by atoms with Crippen molar-refractivity contribution in [3.05, 3.63) is 140 Å². The SMILES string of the molecule is CC(C)(C)N1C=CN(c2ccccn2)[CH-]1.[CH2-]c1ccccc1[PH+](c1ccccc1C)c1ccccc1C.[Pd+2]. The Morgan fingerprint density at radius 2 is 1.24 bits per heavy atom. The van der Waals surface area contributed by atoms with Gasteiger partial charge in [0.25, 0.3) is 0 Å². The molecule has 0 radical (unpaired) electrons. The van der Waals surface area contributed by atoms with E-state index in [1.165, 1.54) is 27.0 Å². The molecule has 0 atom stereocenters. The first-order valence-electron chi connectivity index (χ1n) is 12.7. The fourth-order valence-electron chi connectivity index (χ4n) is 4.30. The van der Waals surface area contributed by atoms with Crippen LogP contribution in [-0.4, -0.2) is 15.4 Å². The molecule has 1 aliphatic heterocycles. The molecule has 38 heavy (non-hydrogen) atoms. The van der Waals surface area contributed by atoms with Crippen LogP contribution in [0.15, 0.2) is 110 Å². The first-order chi connectivity index (χ1) is 17.8. The summed E-state index contributed by atoms with van der Waals surface area (Å²) in [4.78, 5) is 8.48. The number of pyridine rings is 1. The number of anilines is 1. The molecule has 1 aromatic heterocycles. The van der Waals surface area contributed by atoms with Crippen molar-refractivity contribution in [3.63, 3.8) is 0 Å². The predicted octanol–water partition coefficient (Wildman–Crippen LogP) is 6.57. The summed E-state index contributed by atoms with van der Waals surface area (Å²) in [5.41, 5.74) is 3.98. The van der Waals surface area contributed by atoms with Crippen molar-refractivity contribution in [1.82, 2.24) is 9.88 Å². The molecular weight excluding hydrogens is 576 g/mol. The number of hydrogen-bond donors (Lipinski definition) is 0. The molecule has 5 rings (SSSR count). The van der Waals surface area contributed by atoms with Crippen LogP contribution in [0.4, 0.5) is 5.82 Å². The van der Waals surface area contributed by atoms with Gasteiger partial charge in [-0.1, -0.05) is 54.6 Å². The minimum absolute atomic E-state index is 0. The van der Waals surface area contributed by atoms with Gasteiger partial charge in [-0.3, -0.25) is 0 Å². The van der Waals surface area contributed by atoms with E-state index < -0.39 is 7.92 Å². The fraction of sp³-hybridized carbons (Fsp3) is 0.182. The van der Waals surface area contributed by atoms with E-state index in [-0.39, 0.29) is 26.0 Å². The van der Waals surface area contributed by atoms with E-state index >= 15 is 0 Å². The maximum atomic E-state index is 4.29. The first kappa shape index (κ1) is 29.7. The van der Waals surface area contributed by atoms with E-state index in [0.29, 0.717) is 0 Å². The van der Waals surface area contributed by atoms with Crippen LogP contribution in [0, 0.1) is 27.4 Å². The minimum Gasteiger partial charge on any atom is -0.504 e. The van der Waals surface area contributed by atoms with E-state index in [9.17, 15) is 0 Å². The molecule has 0 saturated carbocycles. The van der Waals surface area contributed by atoms with E-state index in [0.717, 1.165) is 11.4 Å². The second-order valence-corrected chi connectivity index (χ2v) is 12.6. The van der Waals surface area contributed by atoms with Gasteiger partial charge in [0, 0.05) is 17.0 Å². The van der Waals surface area contributed by atoms with Gasteiger partial charge in [-0.05, 0) is 82.4 Å². The van der Waals surface area contributed by atoms with Crippen LogP contribution in [-0.2, 0) is 20.4 Å². The molecule has 2 heterocycles. The molecule has 3 nitrogen and oxygen atoms in total. The van der Waals surface area contributed by atoms with Gasteiger partial charge < -0.3 is 9.80 Å². The van der Waals surface area contributed by atoms with E-state index in [2.05, 4.69) is 137 Å². The number of aryl methyl sites for hydroxylation is 2. The second-order valence-electron chi connectivity index (χ2n) is 10.2. The molecule has 0 N–H and O–H groups in total. The Balaban J connectivity index is 0.000000220. The van der Waals surface area contributed by atoms with Crippen molar-refractivity contribution in [3.8, 4) is 0 Å². The summed E-state index contributed by atoms with van der Waals surface area (Å²) in [6.45, 7) is 17.3. The van der Waals surface area contributed by atoms with Gasteiger partial charge in [0.1, 0.15) is 5.82 Å². The summed E-state index contributed by atoms with van der Waals surface area (Å²) >= 11 is 0. The molecule has 0 saturated heterocycles. The van der Waals surface area contributed by atoms with Crippen LogP contribution < -0.4 is 20.8 Å². The molecule has 3 aromatic carbocycles. The van der Waals surface area contributed by atoms with Gasteiger partial charge in [-0.15, -0.1) is 12.7 Å². The number of rotatable bonds is 4. The molecule has 0 fully saturated rings. The Kier molecular flexibility index (Phi) is 10.4. The van der Waals surface area contributed by atoms with E-state index in [4.69, 9.17) is 0 Å². The zero-order chi connectivity index (χ0) is 26.4. The second kappa shape index (κ2) is 13.3. The standard InChI is InChI=1S/C21H20P.C12H16N3.Pd/c1-16-10-4-7-13-19(16)22(20-14-8-5-11-17(20)2)21-15-9-6-12-18(21)3;1-12(2,3)15-9-8-14(10-15)11-6-4-5-7-13-11;/h4-15H,1H2,2-3H3;4-10H,1-3H3;/q2*-1;+2/p+1. The topological polar surface area (TPSA) is 19.4 Å². The zero-order valence-electron chi connectivity index (χ0n) is 22.8. The molecule has 198 valence electrons. The monoisotopic (exact) mass is 612 g/mol. The summed E-state index contributed by atoms with van der Waals surface area (Å²) in [6.07, 6.45) is 5.89. The fourth-order valence-corrected chi connectivity index (χ4v) is 7.32. The van der Waals surface area contributed by atoms with Gasteiger partial charge in [-0.25, -0.2) is 4.98 Å². The number of aromatic nitrogens is 1. The molecule has 5 heteroatoms. The summed E-state index contributed by atoms with van der Waals surface area (Å²) in [5, 5.41) is 4.30. The molecule has 0 bridgehead atoms. The van der Waals surface area contributed by atoms with E-state index in [1.54, 1.807) is 6.20 Å². The molecule has 0 amide bonds. The average molecular weight is 613 g/mol. The van der Waals surface area contributed by atoms with Crippen LogP contribution in [0.2, 0.25) is 0 Å². The van der Waals surface area contributed by atoms with Crippen molar-refractivity contribution < 1.29 is 20.4 Å². The van der Waals surface area contributed by atoms with Crippen molar-refractivity contribution >= 4 is 29.7 Å². The zero-order valence-corrected chi connectivity index (χ0v) is 25.4. The number of nitrogens with zero attached hydrogens (tertiary/aromatic N) is 3. The van der Waals surface area contributed by atoms with Crippen LogP contribution in [0.25, 0.3) is 0 Å². The van der Waals surface area contributed by atoms with Gasteiger partial charge >= 0.3 is 20.4 Å². The Labute approximate surface area is 244 Å². The maximum absolute atomic E-state index is 4.29. The Bertz CT molecular complexity index is 1240. The van der Waals surface area contributed by atoms with Crippen LogP contribution in [0.3, 0.4) is 0 Å². The summed E-state index contributed by atoms with van der Waals surface area (Å²) in [6, 6.07) is 32.0. The summed E-state index contributed by atoms with van der Waals surface area (Å²) < 4.78 is 0. The van der Waals surface area contributed by atoms with Crippen molar-refractivity contribution in [1.29, 1.82) is 0 Å². The van der Waals surface area contributed by atoms with Gasteiger partial charge in [0.05, 0.1) is 18.5 Å². The average Bonchev–Trinajstić information content (AvgIpc) is 3.40. The molecule has 0 aliphatic carbocycles.